The summed E-state index contributed by atoms with van der Waals surface area (Å²) in [5.41, 5.74) is 2.38. The number of benzene rings is 2. The molecular weight excluding hydrogens is 317 g/mol. The number of carbonyl (C=O) groups excluding carboxylic acids is 1. The van der Waals surface area contributed by atoms with E-state index in [1.54, 1.807) is 31.2 Å². The Morgan fingerprint density at radius 3 is 2.42 bits per heavy atom. The van der Waals surface area contributed by atoms with Crippen LogP contribution >= 0.6 is 0 Å². The maximum atomic E-state index is 13.3. The quantitative estimate of drug-likeness (QED) is 0.701. The van der Waals surface area contributed by atoms with Crippen LogP contribution in [-0.2, 0) is 0 Å². The molecule has 0 N–H and O–H groups in total. The maximum Gasteiger partial charge on any atom is 0.249 e. The van der Waals surface area contributed by atoms with Crippen LogP contribution in [0, 0.1) is 5.82 Å². The van der Waals surface area contributed by atoms with Gasteiger partial charge in [0.1, 0.15) is 17.9 Å². The average molecular weight is 334 g/mol. The number of alkyl halides is 2. The number of hydrogen-bond donors (Lipinski definition) is 0. The van der Waals surface area contributed by atoms with Gasteiger partial charge in [-0.1, -0.05) is 12.1 Å². The van der Waals surface area contributed by atoms with Crippen LogP contribution in [0.3, 0.4) is 0 Å². The lowest BCUT2D eigenvalue weighted by molar-refractivity contribution is -0.0866. The molecule has 0 saturated heterocycles. The molecule has 1 fully saturated rings. The lowest BCUT2D eigenvalue weighted by atomic mass is 9.74. The smallest absolute Gasteiger partial charge is 0.249 e. The molecule has 2 aromatic rings. The molecule has 0 bridgehead atoms. The van der Waals surface area contributed by atoms with Crippen LogP contribution < -0.4 is 4.74 Å². The van der Waals surface area contributed by atoms with Crippen molar-refractivity contribution in [2.24, 2.45) is 0 Å². The van der Waals surface area contributed by atoms with Crippen molar-refractivity contribution >= 4 is 6.29 Å². The molecule has 0 spiro atoms. The molecule has 0 amide bonds. The molecule has 0 radical (unpaired) electrons. The third-order valence-corrected chi connectivity index (χ3v) is 4.25. The standard InChI is InChI=1S/C19H17F3O2/c1-2-24-17-8-12(11-23)7-16(14-9-19(21,22)10-14)18(17)13-3-5-15(20)6-4-13/h3-8,11,14H,2,9-10H2,1H3. The van der Waals surface area contributed by atoms with E-state index < -0.39 is 5.92 Å². The number of carbonyl (C=O) groups is 1. The summed E-state index contributed by atoms with van der Waals surface area (Å²) >= 11 is 0. The molecule has 1 aliphatic carbocycles. The highest BCUT2D eigenvalue weighted by atomic mass is 19.3. The Bertz CT molecular complexity index is 746. The molecule has 2 nitrogen and oxygen atoms in total. The summed E-state index contributed by atoms with van der Waals surface area (Å²) in [4.78, 5) is 11.2. The second kappa shape index (κ2) is 6.30. The van der Waals surface area contributed by atoms with Crippen molar-refractivity contribution < 1.29 is 22.7 Å². The van der Waals surface area contributed by atoms with Gasteiger partial charge in [0.15, 0.2) is 0 Å². The van der Waals surface area contributed by atoms with E-state index in [-0.39, 0.29) is 24.6 Å². The topological polar surface area (TPSA) is 26.3 Å². The zero-order valence-electron chi connectivity index (χ0n) is 13.2. The minimum Gasteiger partial charge on any atom is -0.493 e. The summed E-state index contributed by atoms with van der Waals surface area (Å²) in [5, 5.41) is 0. The van der Waals surface area contributed by atoms with Gasteiger partial charge in [-0.25, -0.2) is 13.2 Å². The van der Waals surface area contributed by atoms with E-state index in [1.807, 2.05) is 0 Å². The van der Waals surface area contributed by atoms with Crippen molar-refractivity contribution in [2.75, 3.05) is 6.61 Å². The van der Waals surface area contributed by atoms with E-state index in [9.17, 15) is 18.0 Å². The highest BCUT2D eigenvalue weighted by molar-refractivity contribution is 5.83. The Balaban J connectivity index is 2.15. The first-order valence-electron chi connectivity index (χ1n) is 7.83. The van der Waals surface area contributed by atoms with Gasteiger partial charge in [0.25, 0.3) is 0 Å². The van der Waals surface area contributed by atoms with Crippen molar-refractivity contribution in [3.63, 3.8) is 0 Å². The minimum absolute atomic E-state index is 0.255. The largest absolute Gasteiger partial charge is 0.493 e. The molecule has 126 valence electrons. The molecule has 1 saturated carbocycles. The van der Waals surface area contributed by atoms with Crippen LogP contribution in [0.5, 0.6) is 5.75 Å². The van der Waals surface area contributed by atoms with Gasteiger partial charge in [-0.05, 0) is 48.2 Å². The number of hydrogen-bond acceptors (Lipinski definition) is 2. The van der Waals surface area contributed by atoms with Crippen LogP contribution in [0.2, 0.25) is 0 Å². The summed E-state index contributed by atoms with van der Waals surface area (Å²) in [6, 6.07) is 9.04. The predicted molar refractivity (Wildman–Crippen MR) is 85.3 cm³/mol. The second-order valence-corrected chi connectivity index (χ2v) is 6.00. The highest BCUT2D eigenvalue weighted by Crippen LogP contribution is 2.52. The van der Waals surface area contributed by atoms with Crippen LogP contribution in [0.1, 0.15) is 41.6 Å². The zero-order chi connectivity index (χ0) is 17.3. The van der Waals surface area contributed by atoms with Gasteiger partial charge in [0, 0.05) is 24.0 Å². The summed E-state index contributed by atoms with van der Waals surface area (Å²) in [7, 11) is 0. The maximum absolute atomic E-state index is 13.3. The van der Waals surface area contributed by atoms with E-state index in [1.165, 1.54) is 12.1 Å². The van der Waals surface area contributed by atoms with E-state index in [0.29, 0.717) is 40.9 Å². The number of rotatable bonds is 5. The Hall–Kier alpha value is -2.30. The first kappa shape index (κ1) is 16.6. The zero-order valence-corrected chi connectivity index (χ0v) is 13.2. The molecule has 0 aliphatic heterocycles. The average Bonchev–Trinajstić information content (AvgIpc) is 2.53. The normalized spacial score (nSPS) is 16.5. The molecule has 24 heavy (non-hydrogen) atoms. The SMILES string of the molecule is CCOc1cc(C=O)cc(C2CC(F)(F)C2)c1-c1ccc(F)cc1. The fourth-order valence-electron chi connectivity index (χ4n) is 3.13. The van der Waals surface area contributed by atoms with Crippen LogP contribution in [0.25, 0.3) is 11.1 Å². The molecule has 5 heteroatoms. The number of halogens is 3. The van der Waals surface area contributed by atoms with Crippen molar-refractivity contribution in [3.05, 3.63) is 53.3 Å². The highest BCUT2D eigenvalue weighted by Gasteiger charge is 2.46. The van der Waals surface area contributed by atoms with Gasteiger partial charge >= 0.3 is 0 Å². The van der Waals surface area contributed by atoms with Crippen molar-refractivity contribution in [3.8, 4) is 16.9 Å². The fraction of sp³-hybridized carbons (Fsp3) is 0.316. The van der Waals surface area contributed by atoms with Gasteiger partial charge in [-0.15, -0.1) is 0 Å². The van der Waals surface area contributed by atoms with Crippen LogP contribution in [0.15, 0.2) is 36.4 Å². The van der Waals surface area contributed by atoms with E-state index in [0.717, 1.165) is 0 Å². The van der Waals surface area contributed by atoms with Crippen molar-refractivity contribution in [2.45, 2.75) is 31.6 Å². The van der Waals surface area contributed by atoms with Gasteiger partial charge in [0.05, 0.1) is 6.61 Å². The number of aldehydes is 1. The predicted octanol–water partition coefficient (Wildman–Crippen LogP) is 5.22. The van der Waals surface area contributed by atoms with Gasteiger partial charge in [0.2, 0.25) is 5.92 Å². The van der Waals surface area contributed by atoms with Gasteiger partial charge in [-0.3, -0.25) is 4.79 Å². The lowest BCUT2D eigenvalue weighted by Crippen LogP contribution is -2.34. The first-order chi connectivity index (χ1) is 11.4. The summed E-state index contributed by atoms with van der Waals surface area (Å²) < 4.78 is 45.5. The van der Waals surface area contributed by atoms with E-state index in [2.05, 4.69) is 0 Å². The molecule has 0 heterocycles. The molecule has 0 unspecified atom stereocenters. The van der Waals surface area contributed by atoms with E-state index in [4.69, 9.17) is 4.74 Å². The van der Waals surface area contributed by atoms with E-state index >= 15 is 0 Å². The second-order valence-electron chi connectivity index (χ2n) is 6.00. The molecule has 2 aromatic carbocycles. The van der Waals surface area contributed by atoms with Crippen molar-refractivity contribution in [1.29, 1.82) is 0 Å². The monoisotopic (exact) mass is 334 g/mol. The van der Waals surface area contributed by atoms with Crippen LogP contribution in [0.4, 0.5) is 13.2 Å². The first-order valence-corrected chi connectivity index (χ1v) is 7.83. The number of ether oxygens (including phenoxy) is 1. The van der Waals surface area contributed by atoms with Gasteiger partial charge in [-0.2, -0.15) is 0 Å². The summed E-state index contributed by atoms with van der Waals surface area (Å²) in [6.07, 6.45) is 0.168. The van der Waals surface area contributed by atoms with Crippen LogP contribution in [-0.4, -0.2) is 18.8 Å². The molecule has 0 aromatic heterocycles. The molecule has 0 atom stereocenters. The van der Waals surface area contributed by atoms with Gasteiger partial charge < -0.3 is 4.74 Å². The lowest BCUT2D eigenvalue weighted by Gasteiger charge is -2.36. The minimum atomic E-state index is -2.67. The summed E-state index contributed by atoms with van der Waals surface area (Å²) in [6.45, 7) is 2.18. The van der Waals surface area contributed by atoms with Crippen molar-refractivity contribution in [1.82, 2.24) is 0 Å². The molecular formula is C19H17F3O2. The fourth-order valence-corrected chi connectivity index (χ4v) is 3.13. The Morgan fingerprint density at radius 1 is 1.21 bits per heavy atom. The molecule has 3 rings (SSSR count). The Kier molecular flexibility index (Phi) is 4.35. The Labute approximate surface area is 138 Å². The Morgan fingerprint density at radius 2 is 1.88 bits per heavy atom. The summed E-state index contributed by atoms with van der Waals surface area (Å²) in [5.74, 6) is -2.94. The third kappa shape index (κ3) is 3.16. The third-order valence-electron chi connectivity index (χ3n) is 4.25. The molecule has 1 aliphatic rings.